The average Bonchev–Trinajstić information content (AvgIpc) is 2.53. The maximum absolute atomic E-state index is 10.5. The predicted molar refractivity (Wildman–Crippen MR) is 86.5 cm³/mol. The number of rotatable bonds is 7. The molecule has 0 aromatic heterocycles. The van der Waals surface area contributed by atoms with E-state index >= 15 is 0 Å². The first-order valence-corrected chi connectivity index (χ1v) is 8.08. The fraction of sp³-hybridized carbons (Fsp3) is 0.588. The number of hydrogen-bond donors (Lipinski definition) is 2. The summed E-state index contributed by atoms with van der Waals surface area (Å²) in [7, 11) is 0. The van der Waals surface area contributed by atoms with Crippen molar-refractivity contribution in [3.63, 3.8) is 0 Å². The molecule has 2 N–H and O–H groups in total. The molecule has 0 unspecified atom stereocenters. The third kappa shape index (κ3) is 5.56. The first kappa shape index (κ1) is 16.6. The number of nitrogens with one attached hydrogen (secondary N) is 1. The highest BCUT2D eigenvalue weighted by Crippen LogP contribution is 2.17. The smallest absolute Gasteiger partial charge is 0.404 e. The summed E-state index contributed by atoms with van der Waals surface area (Å²) < 4.78 is 5.45. The molecule has 0 aliphatic carbocycles. The van der Waals surface area contributed by atoms with Crippen molar-refractivity contribution in [1.82, 2.24) is 10.2 Å². The third-order valence-corrected chi connectivity index (χ3v) is 4.20. The van der Waals surface area contributed by atoms with Gasteiger partial charge in [-0.25, -0.2) is 4.79 Å². The van der Waals surface area contributed by atoms with Crippen LogP contribution in [0.3, 0.4) is 0 Å². The van der Waals surface area contributed by atoms with Gasteiger partial charge < -0.3 is 20.1 Å². The van der Waals surface area contributed by atoms with Gasteiger partial charge in [0, 0.05) is 13.1 Å². The number of benzene rings is 1. The van der Waals surface area contributed by atoms with Crippen molar-refractivity contribution >= 4 is 6.09 Å². The lowest BCUT2D eigenvalue weighted by molar-refractivity contribution is 0.171. The monoisotopic (exact) mass is 306 g/mol. The summed E-state index contributed by atoms with van der Waals surface area (Å²) >= 11 is 0. The molecule has 1 heterocycles. The Kier molecular flexibility index (Phi) is 6.52. The van der Waals surface area contributed by atoms with E-state index in [2.05, 4.69) is 22.3 Å². The summed E-state index contributed by atoms with van der Waals surface area (Å²) in [6.07, 6.45) is 2.27. The van der Waals surface area contributed by atoms with Crippen molar-refractivity contribution < 1.29 is 14.6 Å². The van der Waals surface area contributed by atoms with E-state index in [9.17, 15) is 4.79 Å². The van der Waals surface area contributed by atoms with Gasteiger partial charge in [-0.2, -0.15) is 0 Å². The van der Waals surface area contributed by atoms with Crippen LogP contribution in [-0.2, 0) is 6.42 Å². The van der Waals surface area contributed by atoms with Crippen molar-refractivity contribution in [2.45, 2.75) is 26.2 Å². The van der Waals surface area contributed by atoms with E-state index in [0.717, 1.165) is 44.6 Å². The second kappa shape index (κ2) is 8.63. The SMILES string of the molecule is CCOc1ccc(CCN2CCC(CNC(=O)O)CC2)cc1. The molecule has 1 aliphatic heterocycles. The summed E-state index contributed by atoms with van der Waals surface area (Å²) in [6.45, 7) is 6.45. The second-order valence-corrected chi connectivity index (χ2v) is 5.80. The van der Waals surface area contributed by atoms with Crippen LogP contribution in [0, 0.1) is 5.92 Å². The first-order valence-electron chi connectivity index (χ1n) is 8.08. The van der Waals surface area contributed by atoms with E-state index in [1.165, 1.54) is 5.56 Å². The van der Waals surface area contributed by atoms with E-state index in [4.69, 9.17) is 9.84 Å². The molecule has 22 heavy (non-hydrogen) atoms. The fourth-order valence-corrected chi connectivity index (χ4v) is 2.85. The van der Waals surface area contributed by atoms with E-state index in [1.54, 1.807) is 0 Å². The Morgan fingerprint density at radius 2 is 2.00 bits per heavy atom. The van der Waals surface area contributed by atoms with Crippen molar-refractivity contribution in [2.24, 2.45) is 5.92 Å². The Bertz CT molecular complexity index is 453. The summed E-state index contributed by atoms with van der Waals surface area (Å²) in [5, 5.41) is 11.1. The molecular weight excluding hydrogens is 280 g/mol. The molecule has 2 rings (SSSR count). The van der Waals surface area contributed by atoms with Crippen molar-refractivity contribution in [3.05, 3.63) is 29.8 Å². The van der Waals surface area contributed by atoms with Gasteiger partial charge >= 0.3 is 6.09 Å². The number of carboxylic acid groups (broad SMARTS) is 1. The number of carbonyl (C=O) groups is 1. The molecule has 5 heteroatoms. The lowest BCUT2D eigenvalue weighted by atomic mass is 9.96. The van der Waals surface area contributed by atoms with Gasteiger partial charge in [0.1, 0.15) is 5.75 Å². The Hall–Kier alpha value is -1.75. The van der Waals surface area contributed by atoms with Crippen LogP contribution in [0.2, 0.25) is 0 Å². The van der Waals surface area contributed by atoms with Crippen LogP contribution in [0.15, 0.2) is 24.3 Å². The third-order valence-electron chi connectivity index (χ3n) is 4.20. The summed E-state index contributed by atoms with van der Waals surface area (Å²) in [5.74, 6) is 1.41. The minimum atomic E-state index is -0.919. The van der Waals surface area contributed by atoms with E-state index < -0.39 is 6.09 Å². The molecule has 1 aromatic carbocycles. The summed E-state index contributed by atoms with van der Waals surface area (Å²) in [6, 6.07) is 8.33. The topological polar surface area (TPSA) is 61.8 Å². The molecule has 0 atom stereocenters. The minimum Gasteiger partial charge on any atom is -0.494 e. The molecule has 0 radical (unpaired) electrons. The van der Waals surface area contributed by atoms with Crippen LogP contribution in [-0.4, -0.2) is 48.9 Å². The molecule has 1 amide bonds. The van der Waals surface area contributed by atoms with Crippen LogP contribution in [0.4, 0.5) is 4.79 Å². The molecule has 1 aliphatic rings. The Balaban J connectivity index is 1.67. The largest absolute Gasteiger partial charge is 0.494 e. The average molecular weight is 306 g/mol. The molecule has 0 bridgehead atoms. The van der Waals surface area contributed by atoms with Crippen LogP contribution < -0.4 is 10.1 Å². The number of amides is 1. The van der Waals surface area contributed by atoms with Crippen LogP contribution in [0.1, 0.15) is 25.3 Å². The van der Waals surface area contributed by atoms with Gasteiger partial charge in [-0.05, 0) is 62.9 Å². The second-order valence-electron chi connectivity index (χ2n) is 5.80. The number of nitrogens with zero attached hydrogens (tertiary/aromatic N) is 1. The number of hydrogen-bond acceptors (Lipinski definition) is 3. The van der Waals surface area contributed by atoms with Crippen LogP contribution >= 0.6 is 0 Å². The van der Waals surface area contributed by atoms with Crippen molar-refractivity contribution in [1.29, 1.82) is 0 Å². The molecule has 1 saturated heterocycles. The highest BCUT2D eigenvalue weighted by molar-refractivity contribution is 5.64. The quantitative estimate of drug-likeness (QED) is 0.813. The van der Waals surface area contributed by atoms with Crippen LogP contribution in [0.25, 0.3) is 0 Å². The van der Waals surface area contributed by atoms with Crippen molar-refractivity contribution in [3.8, 4) is 5.75 Å². The summed E-state index contributed by atoms with van der Waals surface area (Å²) in [5.41, 5.74) is 1.33. The van der Waals surface area contributed by atoms with E-state index in [0.29, 0.717) is 19.1 Å². The summed E-state index contributed by atoms with van der Waals surface area (Å²) in [4.78, 5) is 13.0. The molecule has 0 spiro atoms. The first-order chi connectivity index (χ1) is 10.7. The van der Waals surface area contributed by atoms with Gasteiger partial charge in [0.05, 0.1) is 6.61 Å². The maximum Gasteiger partial charge on any atom is 0.404 e. The lowest BCUT2D eigenvalue weighted by Gasteiger charge is -2.31. The minimum absolute atomic E-state index is 0.484. The molecule has 0 saturated carbocycles. The Labute approximate surface area is 132 Å². The Morgan fingerprint density at radius 3 is 2.59 bits per heavy atom. The van der Waals surface area contributed by atoms with E-state index in [-0.39, 0.29) is 0 Å². The zero-order valence-corrected chi connectivity index (χ0v) is 13.3. The molecular formula is C17H26N2O3. The van der Waals surface area contributed by atoms with E-state index in [1.807, 2.05) is 19.1 Å². The standard InChI is InChI=1S/C17H26N2O3/c1-2-22-16-5-3-14(4-6-16)7-10-19-11-8-15(9-12-19)13-18-17(20)21/h3-6,15,18H,2,7-13H2,1H3,(H,20,21). The van der Waals surface area contributed by atoms with Gasteiger partial charge in [-0.1, -0.05) is 12.1 Å². The molecule has 5 nitrogen and oxygen atoms in total. The number of ether oxygens (including phenoxy) is 1. The lowest BCUT2D eigenvalue weighted by Crippen LogP contribution is -2.39. The van der Waals surface area contributed by atoms with Crippen molar-refractivity contribution in [2.75, 3.05) is 32.8 Å². The van der Waals surface area contributed by atoms with Gasteiger partial charge in [0.2, 0.25) is 0 Å². The normalized spacial score (nSPS) is 16.4. The zero-order valence-electron chi connectivity index (χ0n) is 13.3. The highest BCUT2D eigenvalue weighted by Gasteiger charge is 2.19. The number of piperidine rings is 1. The highest BCUT2D eigenvalue weighted by atomic mass is 16.5. The molecule has 122 valence electrons. The van der Waals surface area contributed by atoms with Gasteiger partial charge in [-0.3, -0.25) is 0 Å². The van der Waals surface area contributed by atoms with Gasteiger partial charge in [0.15, 0.2) is 0 Å². The fourth-order valence-electron chi connectivity index (χ4n) is 2.85. The predicted octanol–water partition coefficient (Wildman–Crippen LogP) is 2.61. The molecule has 1 fully saturated rings. The van der Waals surface area contributed by atoms with Crippen LogP contribution in [0.5, 0.6) is 5.75 Å². The van der Waals surface area contributed by atoms with Gasteiger partial charge in [-0.15, -0.1) is 0 Å². The van der Waals surface area contributed by atoms with Gasteiger partial charge in [0.25, 0.3) is 0 Å². The number of likely N-dealkylation sites (tertiary alicyclic amines) is 1. The Morgan fingerprint density at radius 1 is 1.32 bits per heavy atom. The maximum atomic E-state index is 10.5. The molecule has 1 aromatic rings. The zero-order chi connectivity index (χ0) is 15.8.